The van der Waals surface area contributed by atoms with Crippen LogP contribution in [0.15, 0.2) is 42.5 Å². The van der Waals surface area contributed by atoms with Crippen LogP contribution in [0.4, 0.5) is 14.5 Å². The molecular weight excluding hydrogens is 320 g/mol. The number of ether oxygens (including phenoxy) is 1. The zero-order valence-corrected chi connectivity index (χ0v) is 14.6. The first-order valence-electron chi connectivity index (χ1n) is 8.90. The number of alkyl halides is 2. The van der Waals surface area contributed by atoms with Crippen molar-refractivity contribution in [2.45, 2.75) is 44.8 Å². The monoisotopic (exact) mass is 343 g/mol. The van der Waals surface area contributed by atoms with Gasteiger partial charge in [0.25, 0.3) is 5.92 Å². The first kappa shape index (κ1) is 16.5. The molecular formula is C21H23F2NO. The first-order valence-corrected chi connectivity index (χ1v) is 8.90. The van der Waals surface area contributed by atoms with Crippen LogP contribution >= 0.6 is 0 Å². The lowest BCUT2D eigenvalue weighted by atomic mass is 9.77. The fourth-order valence-electron chi connectivity index (χ4n) is 4.14. The van der Waals surface area contributed by atoms with E-state index in [1.165, 1.54) is 17.2 Å². The van der Waals surface area contributed by atoms with Gasteiger partial charge in [0.15, 0.2) is 0 Å². The molecule has 0 spiro atoms. The molecule has 1 fully saturated rings. The molecule has 2 aliphatic rings. The van der Waals surface area contributed by atoms with Crippen LogP contribution in [-0.4, -0.2) is 6.61 Å². The van der Waals surface area contributed by atoms with Crippen molar-refractivity contribution in [2.24, 2.45) is 5.92 Å². The fraction of sp³-hybridized carbons (Fsp3) is 0.429. The summed E-state index contributed by atoms with van der Waals surface area (Å²) in [7, 11) is 0. The number of benzene rings is 2. The molecule has 0 aliphatic carbocycles. The van der Waals surface area contributed by atoms with Gasteiger partial charge in [-0.15, -0.1) is 0 Å². The number of anilines is 1. The number of aryl methyl sites for hydroxylation is 1. The van der Waals surface area contributed by atoms with Gasteiger partial charge in [-0.2, -0.15) is 0 Å². The molecule has 1 N–H and O–H groups in total. The predicted octanol–water partition coefficient (Wildman–Crippen LogP) is 5.74. The van der Waals surface area contributed by atoms with Crippen molar-refractivity contribution in [1.29, 1.82) is 0 Å². The third-order valence-corrected chi connectivity index (χ3v) is 5.37. The predicted molar refractivity (Wildman–Crippen MR) is 95.0 cm³/mol. The summed E-state index contributed by atoms with van der Waals surface area (Å²) in [6.07, 6.45) is 1.91. The van der Waals surface area contributed by atoms with Crippen molar-refractivity contribution >= 4 is 5.69 Å². The van der Waals surface area contributed by atoms with Gasteiger partial charge in [-0.3, -0.25) is 0 Å². The summed E-state index contributed by atoms with van der Waals surface area (Å²) < 4.78 is 33.6. The molecule has 1 saturated heterocycles. The van der Waals surface area contributed by atoms with Gasteiger partial charge >= 0.3 is 0 Å². The molecule has 4 heteroatoms. The molecule has 0 bridgehead atoms. The minimum atomic E-state index is -2.84. The molecule has 0 amide bonds. The Labute approximate surface area is 147 Å². The number of halogens is 2. The molecule has 132 valence electrons. The Kier molecular flexibility index (Phi) is 4.03. The summed E-state index contributed by atoms with van der Waals surface area (Å²) >= 11 is 0. The summed E-state index contributed by atoms with van der Waals surface area (Å²) in [5, 5.41) is 3.59. The highest BCUT2D eigenvalue weighted by Gasteiger charge is 2.40. The van der Waals surface area contributed by atoms with E-state index < -0.39 is 5.92 Å². The van der Waals surface area contributed by atoms with E-state index in [4.69, 9.17) is 4.74 Å². The van der Waals surface area contributed by atoms with Crippen LogP contribution in [0.5, 0.6) is 0 Å². The van der Waals surface area contributed by atoms with E-state index in [-0.39, 0.29) is 23.6 Å². The maximum Gasteiger partial charge on any atom is 0.270 e. The molecule has 2 unspecified atom stereocenters. The Hall–Kier alpha value is -1.94. The summed E-state index contributed by atoms with van der Waals surface area (Å²) in [6, 6.07) is 13.6. The molecule has 25 heavy (non-hydrogen) atoms. The van der Waals surface area contributed by atoms with Crippen molar-refractivity contribution in [3.8, 4) is 0 Å². The Morgan fingerprint density at radius 3 is 2.76 bits per heavy atom. The van der Waals surface area contributed by atoms with Crippen LogP contribution in [0.3, 0.4) is 0 Å². The molecule has 0 saturated carbocycles. The SMILES string of the molecule is Cc1cccc([C@@H]2Nc3ccc(C(C)(F)F)cc3C3OCCCC32)c1. The van der Waals surface area contributed by atoms with E-state index in [1.807, 2.05) is 0 Å². The van der Waals surface area contributed by atoms with Crippen LogP contribution in [0.2, 0.25) is 0 Å². The number of hydrogen-bond donors (Lipinski definition) is 1. The summed E-state index contributed by atoms with van der Waals surface area (Å²) in [4.78, 5) is 0. The van der Waals surface area contributed by atoms with Gasteiger partial charge in [-0.25, -0.2) is 8.78 Å². The van der Waals surface area contributed by atoms with E-state index >= 15 is 0 Å². The molecule has 2 nitrogen and oxygen atoms in total. The van der Waals surface area contributed by atoms with Crippen LogP contribution in [0.1, 0.15) is 54.2 Å². The summed E-state index contributed by atoms with van der Waals surface area (Å²) in [6.45, 7) is 3.72. The number of hydrogen-bond acceptors (Lipinski definition) is 2. The van der Waals surface area contributed by atoms with Gasteiger partial charge in [0.05, 0.1) is 12.1 Å². The van der Waals surface area contributed by atoms with Crippen molar-refractivity contribution in [2.75, 3.05) is 11.9 Å². The topological polar surface area (TPSA) is 21.3 Å². The largest absolute Gasteiger partial charge is 0.378 e. The smallest absolute Gasteiger partial charge is 0.270 e. The molecule has 2 aromatic carbocycles. The Morgan fingerprint density at radius 2 is 2.00 bits per heavy atom. The average molecular weight is 343 g/mol. The van der Waals surface area contributed by atoms with E-state index in [0.717, 1.165) is 31.0 Å². The number of fused-ring (bicyclic) bond motifs is 3. The highest BCUT2D eigenvalue weighted by atomic mass is 19.3. The highest BCUT2D eigenvalue weighted by Crippen LogP contribution is 2.50. The molecule has 2 aliphatic heterocycles. The van der Waals surface area contributed by atoms with E-state index in [2.05, 4.69) is 36.5 Å². The van der Waals surface area contributed by atoms with Crippen molar-refractivity contribution in [1.82, 2.24) is 0 Å². The Morgan fingerprint density at radius 1 is 1.16 bits per heavy atom. The van der Waals surface area contributed by atoms with E-state index in [9.17, 15) is 8.78 Å². The quantitative estimate of drug-likeness (QED) is 0.750. The number of nitrogens with one attached hydrogen (secondary N) is 1. The zero-order valence-electron chi connectivity index (χ0n) is 14.6. The van der Waals surface area contributed by atoms with Crippen molar-refractivity contribution in [3.63, 3.8) is 0 Å². The van der Waals surface area contributed by atoms with Gasteiger partial charge < -0.3 is 10.1 Å². The Bertz CT molecular complexity index is 784. The Balaban J connectivity index is 1.78. The lowest BCUT2D eigenvalue weighted by Crippen LogP contribution is -2.36. The van der Waals surface area contributed by atoms with Gasteiger partial charge in [-0.05, 0) is 37.5 Å². The van der Waals surface area contributed by atoms with Gasteiger partial charge in [-0.1, -0.05) is 35.9 Å². The van der Waals surface area contributed by atoms with Crippen molar-refractivity contribution in [3.05, 3.63) is 64.7 Å². The molecule has 0 radical (unpaired) electrons. The van der Waals surface area contributed by atoms with Crippen LogP contribution in [0, 0.1) is 12.8 Å². The third kappa shape index (κ3) is 3.04. The standard InChI is InChI=1S/C21H23F2NO/c1-13-5-3-6-14(11-13)19-16-7-4-10-25-20(16)17-12-15(21(2,22)23)8-9-18(17)24-19/h3,5-6,8-9,11-12,16,19-20,24H,4,7,10H2,1-2H3/t16?,19-,20?/m0/s1. The van der Waals surface area contributed by atoms with E-state index in [0.29, 0.717) is 6.61 Å². The zero-order chi connectivity index (χ0) is 17.6. The van der Waals surface area contributed by atoms with E-state index in [1.54, 1.807) is 12.1 Å². The second kappa shape index (κ2) is 6.10. The molecule has 0 aromatic heterocycles. The highest BCUT2D eigenvalue weighted by molar-refractivity contribution is 5.59. The minimum Gasteiger partial charge on any atom is -0.378 e. The molecule has 2 aromatic rings. The van der Waals surface area contributed by atoms with Crippen LogP contribution in [0.25, 0.3) is 0 Å². The van der Waals surface area contributed by atoms with Crippen LogP contribution in [-0.2, 0) is 10.7 Å². The first-order chi connectivity index (χ1) is 11.9. The third-order valence-electron chi connectivity index (χ3n) is 5.37. The normalized spacial score (nSPS) is 25.7. The lowest BCUT2D eigenvalue weighted by Gasteiger charge is -2.43. The van der Waals surface area contributed by atoms with Gasteiger partial charge in [0.2, 0.25) is 0 Å². The molecule has 4 rings (SSSR count). The van der Waals surface area contributed by atoms with Gasteiger partial charge in [0.1, 0.15) is 0 Å². The number of rotatable bonds is 2. The maximum absolute atomic E-state index is 13.8. The summed E-state index contributed by atoms with van der Waals surface area (Å²) in [5.74, 6) is -2.59. The second-order valence-electron chi connectivity index (χ2n) is 7.32. The lowest BCUT2D eigenvalue weighted by molar-refractivity contribution is -0.0386. The van der Waals surface area contributed by atoms with Crippen LogP contribution < -0.4 is 5.32 Å². The average Bonchev–Trinajstić information content (AvgIpc) is 2.60. The minimum absolute atomic E-state index is 0.0509. The maximum atomic E-state index is 13.8. The van der Waals surface area contributed by atoms with Crippen molar-refractivity contribution < 1.29 is 13.5 Å². The summed E-state index contributed by atoms with van der Waals surface area (Å²) in [5.41, 5.74) is 4.28. The molecule has 2 heterocycles. The van der Waals surface area contributed by atoms with Gasteiger partial charge in [0, 0.05) is 36.3 Å². The molecule has 3 atom stereocenters. The second-order valence-corrected chi connectivity index (χ2v) is 7.32. The fourth-order valence-corrected chi connectivity index (χ4v) is 4.14.